The van der Waals surface area contributed by atoms with Crippen LogP contribution in [0.3, 0.4) is 0 Å². The van der Waals surface area contributed by atoms with Crippen molar-refractivity contribution in [2.75, 3.05) is 30.5 Å². The third kappa shape index (κ3) is 6.71. The van der Waals surface area contributed by atoms with Gasteiger partial charge in [0, 0.05) is 19.1 Å². The first-order valence-corrected chi connectivity index (χ1v) is 13.5. The highest BCUT2D eigenvalue weighted by molar-refractivity contribution is 7.92. The second-order valence-corrected chi connectivity index (χ2v) is 10.8. The minimum Gasteiger partial charge on any atom is -0.354 e. The van der Waals surface area contributed by atoms with Crippen molar-refractivity contribution in [1.82, 2.24) is 10.2 Å². The van der Waals surface area contributed by atoms with E-state index in [1.54, 1.807) is 48.5 Å². The molecule has 0 saturated carbocycles. The zero-order chi connectivity index (χ0) is 23.8. The van der Waals surface area contributed by atoms with Gasteiger partial charge in [-0.3, -0.25) is 9.10 Å². The summed E-state index contributed by atoms with van der Waals surface area (Å²) < 4.78 is 27.9. The van der Waals surface area contributed by atoms with E-state index >= 15 is 0 Å². The number of carbonyl (C=O) groups is 1. The van der Waals surface area contributed by atoms with Gasteiger partial charge in [0.2, 0.25) is 5.91 Å². The van der Waals surface area contributed by atoms with Crippen LogP contribution in [0.15, 0.2) is 53.4 Å². The summed E-state index contributed by atoms with van der Waals surface area (Å²) in [6.07, 6.45) is 5.74. The van der Waals surface area contributed by atoms with E-state index in [4.69, 9.17) is 11.6 Å². The zero-order valence-corrected chi connectivity index (χ0v) is 21.0. The van der Waals surface area contributed by atoms with Gasteiger partial charge >= 0.3 is 0 Å². The molecule has 0 aromatic heterocycles. The van der Waals surface area contributed by atoms with E-state index < -0.39 is 10.0 Å². The van der Waals surface area contributed by atoms with Gasteiger partial charge in [-0.1, -0.05) is 54.8 Å². The highest BCUT2D eigenvalue weighted by Crippen LogP contribution is 2.30. The Morgan fingerprint density at radius 3 is 2.58 bits per heavy atom. The second kappa shape index (κ2) is 11.9. The van der Waals surface area contributed by atoms with Crippen LogP contribution < -0.4 is 9.62 Å². The molecule has 0 bridgehead atoms. The molecule has 2 aromatic carbocycles. The van der Waals surface area contributed by atoms with Crippen molar-refractivity contribution >= 4 is 33.2 Å². The molecule has 1 aliphatic heterocycles. The largest absolute Gasteiger partial charge is 0.354 e. The number of nitrogens with one attached hydrogen (secondary N) is 1. The summed E-state index contributed by atoms with van der Waals surface area (Å²) in [5.41, 5.74) is 1.24. The van der Waals surface area contributed by atoms with E-state index in [0.717, 1.165) is 35.8 Å². The Balaban J connectivity index is 1.67. The van der Waals surface area contributed by atoms with Crippen LogP contribution >= 0.6 is 11.6 Å². The van der Waals surface area contributed by atoms with E-state index in [9.17, 15) is 13.2 Å². The van der Waals surface area contributed by atoms with Gasteiger partial charge < -0.3 is 10.2 Å². The van der Waals surface area contributed by atoms with Crippen molar-refractivity contribution in [2.45, 2.75) is 56.9 Å². The molecule has 0 aliphatic carbocycles. The molecule has 0 spiro atoms. The fourth-order valence-corrected chi connectivity index (χ4v) is 6.03. The molecular weight excluding hydrogens is 458 g/mol. The molecule has 180 valence electrons. The second-order valence-electron chi connectivity index (χ2n) is 8.57. The van der Waals surface area contributed by atoms with Crippen LogP contribution in [0.5, 0.6) is 0 Å². The number of amides is 1. The Morgan fingerprint density at radius 2 is 1.88 bits per heavy atom. The van der Waals surface area contributed by atoms with E-state index in [1.165, 1.54) is 19.3 Å². The fourth-order valence-electron chi connectivity index (χ4n) is 4.30. The molecule has 8 heteroatoms. The first-order chi connectivity index (χ1) is 15.8. The zero-order valence-electron chi connectivity index (χ0n) is 19.5. The highest BCUT2D eigenvalue weighted by Gasteiger charge is 2.28. The predicted molar refractivity (Wildman–Crippen MR) is 134 cm³/mol. The van der Waals surface area contributed by atoms with Gasteiger partial charge in [0.1, 0.15) is 6.54 Å². The number of nitrogens with zero attached hydrogens (tertiary/aromatic N) is 2. The normalized spacial score (nSPS) is 17.0. The first-order valence-electron chi connectivity index (χ1n) is 11.7. The number of piperidine rings is 1. The lowest BCUT2D eigenvalue weighted by atomic mass is 10.00. The number of sulfonamides is 1. The third-order valence-electron chi connectivity index (χ3n) is 6.18. The Hall–Kier alpha value is -2.09. The van der Waals surface area contributed by atoms with Crippen LogP contribution in [0.25, 0.3) is 0 Å². The lowest BCUT2D eigenvalue weighted by molar-refractivity contribution is -0.119. The number of anilines is 1. The van der Waals surface area contributed by atoms with Crippen molar-refractivity contribution in [1.29, 1.82) is 0 Å². The molecule has 3 rings (SSSR count). The lowest BCUT2D eigenvalue weighted by Gasteiger charge is -2.35. The average molecular weight is 492 g/mol. The van der Waals surface area contributed by atoms with Crippen molar-refractivity contribution in [2.24, 2.45) is 0 Å². The molecule has 1 atom stereocenters. The van der Waals surface area contributed by atoms with Crippen LogP contribution in [0.4, 0.5) is 5.69 Å². The third-order valence-corrected chi connectivity index (χ3v) is 8.28. The van der Waals surface area contributed by atoms with Crippen LogP contribution in [0.2, 0.25) is 5.02 Å². The van der Waals surface area contributed by atoms with Gasteiger partial charge in [0.15, 0.2) is 0 Å². The molecule has 6 nitrogen and oxygen atoms in total. The summed E-state index contributed by atoms with van der Waals surface area (Å²) in [6.45, 7) is 6.34. The number of aryl methyl sites for hydroxylation is 1. The van der Waals surface area contributed by atoms with Gasteiger partial charge in [0.05, 0.1) is 15.6 Å². The Morgan fingerprint density at radius 1 is 1.15 bits per heavy atom. The quantitative estimate of drug-likeness (QED) is 0.492. The Bertz CT molecular complexity index is 1030. The molecule has 1 fully saturated rings. The van der Waals surface area contributed by atoms with Gasteiger partial charge in [-0.15, -0.1) is 0 Å². The monoisotopic (exact) mass is 491 g/mol. The molecule has 0 radical (unpaired) electrons. The molecule has 1 unspecified atom stereocenters. The van der Waals surface area contributed by atoms with Gasteiger partial charge in [0.25, 0.3) is 10.0 Å². The summed E-state index contributed by atoms with van der Waals surface area (Å²) in [5, 5.41) is 3.17. The van der Waals surface area contributed by atoms with Crippen LogP contribution in [0, 0.1) is 6.92 Å². The number of halogens is 1. The fraction of sp³-hybridized carbons (Fsp3) is 0.480. The number of carbonyl (C=O) groups excluding carboxylic acids is 1. The Kier molecular flexibility index (Phi) is 9.18. The molecule has 2 aromatic rings. The summed E-state index contributed by atoms with van der Waals surface area (Å²) in [5.74, 6) is -0.351. The van der Waals surface area contributed by atoms with Gasteiger partial charge in [-0.05, 0) is 63.4 Å². The number of hydrogen-bond acceptors (Lipinski definition) is 4. The predicted octanol–water partition coefficient (Wildman–Crippen LogP) is 4.61. The van der Waals surface area contributed by atoms with E-state index in [1.807, 2.05) is 6.92 Å². The summed E-state index contributed by atoms with van der Waals surface area (Å²) in [6, 6.07) is 13.9. The van der Waals surface area contributed by atoms with Crippen LogP contribution in [-0.4, -0.2) is 51.4 Å². The average Bonchev–Trinajstić information content (AvgIpc) is 2.81. The van der Waals surface area contributed by atoms with Crippen molar-refractivity contribution < 1.29 is 13.2 Å². The maximum Gasteiger partial charge on any atom is 0.264 e. The van der Waals surface area contributed by atoms with E-state index in [0.29, 0.717) is 12.6 Å². The molecule has 1 heterocycles. The van der Waals surface area contributed by atoms with Gasteiger partial charge in [-0.25, -0.2) is 8.42 Å². The summed E-state index contributed by atoms with van der Waals surface area (Å²) in [4.78, 5) is 15.4. The number of likely N-dealkylation sites (tertiary alicyclic amines) is 1. The van der Waals surface area contributed by atoms with Crippen LogP contribution in [0.1, 0.15) is 44.6 Å². The molecule has 1 amide bonds. The first kappa shape index (κ1) is 25.5. The minimum absolute atomic E-state index is 0.122. The molecule has 33 heavy (non-hydrogen) atoms. The Labute approximate surface area is 203 Å². The number of para-hydroxylation sites is 1. The SMILES string of the molecule is CCC1CCCCN1CCCNC(=O)CN(c1ccccc1Cl)S(=O)(=O)c1ccc(C)cc1. The van der Waals surface area contributed by atoms with Gasteiger partial charge in [-0.2, -0.15) is 0 Å². The van der Waals surface area contributed by atoms with E-state index in [2.05, 4.69) is 17.1 Å². The van der Waals surface area contributed by atoms with Crippen molar-refractivity contribution in [3.05, 3.63) is 59.1 Å². The standard InChI is InChI=1S/C25H34ClN3O3S/c1-3-21-9-6-7-17-28(21)18-8-16-27-25(30)19-29(24-11-5-4-10-23(24)26)33(31,32)22-14-12-20(2)13-15-22/h4-5,10-15,21H,3,6-9,16-19H2,1-2H3,(H,27,30). The summed E-state index contributed by atoms with van der Waals surface area (Å²) >= 11 is 6.32. The number of benzene rings is 2. The molecule has 1 saturated heterocycles. The van der Waals surface area contributed by atoms with Crippen LogP contribution in [-0.2, 0) is 14.8 Å². The molecule has 1 N–H and O–H groups in total. The topological polar surface area (TPSA) is 69.7 Å². The van der Waals surface area contributed by atoms with Crippen molar-refractivity contribution in [3.8, 4) is 0 Å². The summed E-state index contributed by atoms with van der Waals surface area (Å²) in [7, 11) is -3.97. The van der Waals surface area contributed by atoms with E-state index in [-0.39, 0.29) is 28.1 Å². The number of rotatable bonds is 10. The maximum absolute atomic E-state index is 13.4. The smallest absolute Gasteiger partial charge is 0.264 e. The molecular formula is C25H34ClN3O3S. The minimum atomic E-state index is -3.97. The van der Waals surface area contributed by atoms with Crippen molar-refractivity contribution in [3.63, 3.8) is 0 Å². The highest BCUT2D eigenvalue weighted by atomic mass is 35.5. The maximum atomic E-state index is 13.4. The molecule has 1 aliphatic rings. The number of hydrogen-bond donors (Lipinski definition) is 1. The lowest BCUT2D eigenvalue weighted by Crippen LogP contribution is -2.43.